The van der Waals surface area contributed by atoms with Crippen molar-refractivity contribution in [1.82, 2.24) is 5.32 Å². The molecule has 0 aliphatic carbocycles. The van der Waals surface area contributed by atoms with Gasteiger partial charge in [-0.3, -0.25) is 4.21 Å². The third-order valence-corrected chi connectivity index (χ3v) is 5.41. The molecule has 1 aromatic heterocycles. The van der Waals surface area contributed by atoms with Crippen LogP contribution in [0.3, 0.4) is 0 Å². The normalized spacial score (nSPS) is 17.3. The minimum Gasteiger partial charge on any atom is -0.308 e. The van der Waals surface area contributed by atoms with Crippen molar-refractivity contribution in [3.8, 4) is 0 Å². The van der Waals surface area contributed by atoms with Gasteiger partial charge in [-0.15, -0.1) is 11.3 Å². The SMILES string of the molecule is CC(NCC(C)S(C)=O)c1ccc(Br)s1. The second-order valence-electron chi connectivity index (χ2n) is 3.58. The lowest BCUT2D eigenvalue weighted by molar-refractivity contribution is 0.576. The Morgan fingerprint density at radius 3 is 2.67 bits per heavy atom. The van der Waals surface area contributed by atoms with Gasteiger partial charge in [-0.25, -0.2) is 0 Å². The van der Waals surface area contributed by atoms with Crippen molar-refractivity contribution in [3.63, 3.8) is 0 Å². The van der Waals surface area contributed by atoms with Crippen molar-refractivity contribution in [2.75, 3.05) is 12.8 Å². The summed E-state index contributed by atoms with van der Waals surface area (Å²) in [6.45, 7) is 4.92. The van der Waals surface area contributed by atoms with Crippen molar-refractivity contribution < 1.29 is 4.21 Å². The fourth-order valence-electron chi connectivity index (χ4n) is 1.12. The lowest BCUT2D eigenvalue weighted by Crippen LogP contribution is -2.29. The first kappa shape index (κ1) is 13.4. The number of hydrogen-bond acceptors (Lipinski definition) is 3. The molecule has 0 amide bonds. The predicted molar refractivity (Wildman–Crippen MR) is 72.0 cm³/mol. The third-order valence-electron chi connectivity index (χ3n) is 2.30. The van der Waals surface area contributed by atoms with E-state index < -0.39 is 10.8 Å². The van der Waals surface area contributed by atoms with Crippen LogP contribution in [0.2, 0.25) is 0 Å². The second kappa shape index (κ2) is 6.13. The van der Waals surface area contributed by atoms with E-state index in [4.69, 9.17) is 0 Å². The van der Waals surface area contributed by atoms with Crippen LogP contribution in [-0.2, 0) is 10.8 Å². The first-order valence-electron chi connectivity index (χ1n) is 4.81. The Bertz CT molecular complexity index is 340. The van der Waals surface area contributed by atoms with Crippen LogP contribution in [0.1, 0.15) is 24.8 Å². The summed E-state index contributed by atoms with van der Waals surface area (Å²) >= 11 is 5.18. The summed E-state index contributed by atoms with van der Waals surface area (Å²) in [7, 11) is -0.746. The zero-order valence-electron chi connectivity index (χ0n) is 9.12. The van der Waals surface area contributed by atoms with E-state index in [0.29, 0.717) is 6.04 Å². The summed E-state index contributed by atoms with van der Waals surface area (Å²) in [6, 6.07) is 4.49. The van der Waals surface area contributed by atoms with Gasteiger partial charge in [-0.05, 0) is 41.9 Å². The van der Waals surface area contributed by atoms with E-state index >= 15 is 0 Å². The zero-order valence-corrected chi connectivity index (χ0v) is 12.3. The van der Waals surface area contributed by atoms with Crippen LogP contribution < -0.4 is 5.32 Å². The molecule has 1 rings (SSSR count). The van der Waals surface area contributed by atoms with Gasteiger partial charge in [0.25, 0.3) is 0 Å². The molecule has 3 atom stereocenters. The summed E-state index contributed by atoms with van der Waals surface area (Å²) in [5.74, 6) is 0. The fourth-order valence-corrected chi connectivity index (χ4v) is 2.90. The molecule has 1 N–H and O–H groups in total. The molecule has 0 aliphatic heterocycles. The largest absolute Gasteiger partial charge is 0.308 e. The molecule has 0 fully saturated rings. The molecule has 0 saturated carbocycles. The van der Waals surface area contributed by atoms with Crippen LogP contribution in [0.25, 0.3) is 0 Å². The Kier molecular flexibility index (Phi) is 5.46. The summed E-state index contributed by atoms with van der Waals surface area (Å²) in [4.78, 5) is 1.30. The van der Waals surface area contributed by atoms with E-state index in [0.717, 1.165) is 10.3 Å². The van der Waals surface area contributed by atoms with Crippen LogP contribution in [0, 0.1) is 0 Å². The van der Waals surface area contributed by atoms with E-state index in [1.54, 1.807) is 17.6 Å². The fraction of sp³-hybridized carbons (Fsp3) is 0.600. The highest BCUT2D eigenvalue weighted by Crippen LogP contribution is 2.26. The van der Waals surface area contributed by atoms with Gasteiger partial charge < -0.3 is 5.32 Å². The average Bonchev–Trinajstić information content (AvgIpc) is 2.60. The van der Waals surface area contributed by atoms with Crippen molar-refractivity contribution in [3.05, 3.63) is 20.8 Å². The van der Waals surface area contributed by atoms with Gasteiger partial charge >= 0.3 is 0 Å². The van der Waals surface area contributed by atoms with Gasteiger partial charge in [-0.2, -0.15) is 0 Å². The molecule has 0 bridgehead atoms. The van der Waals surface area contributed by atoms with E-state index in [1.165, 1.54) is 4.88 Å². The quantitative estimate of drug-likeness (QED) is 0.906. The monoisotopic (exact) mass is 309 g/mol. The Labute approximate surface area is 106 Å². The summed E-state index contributed by atoms with van der Waals surface area (Å²) < 4.78 is 12.3. The first-order chi connectivity index (χ1) is 7.00. The van der Waals surface area contributed by atoms with Crippen molar-refractivity contribution in [1.29, 1.82) is 0 Å². The summed E-state index contributed by atoms with van der Waals surface area (Å²) in [6.07, 6.45) is 1.75. The molecule has 0 radical (unpaired) electrons. The Morgan fingerprint density at radius 2 is 2.20 bits per heavy atom. The predicted octanol–water partition coefficient (Wildman–Crippen LogP) is 2.93. The smallest absolute Gasteiger partial charge is 0.0701 e. The number of hydrogen-bond donors (Lipinski definition) is 1. The van der Waals surface area contributed by atoms with Crippen LogP contribution >= 0.6 is 27.3 Å². The van der Waals surface area contributed by atoms with Gasteiger partial charge in [-0.1, -0.05) is 0 Å². The number of thiophene rings is 1. The van der Waals surface area contributed by atoms with E-state index in [2.05, 4.69) is 40.3 Å². The number of rotatable bonds is 5. The molecular weight excluding hydrogens is 294 g/mol. The Balaban J connectivity index is 2.43. The number of halogens is 1. The molecule has 86 valence electrons. The Hall–Kier alpha value is 0.290. The molecule has 3 unspecified atom stereocenters. The van der Waals surface area contributed by atoms with Crippen molar-refractivity contribution in [2.45, 2.75) is 25.1 Å². The maximum Gasteiger partial charge on any atom is 0.0701 e. The van der Waals surface area contributed by atoms with Crippen molar-refractivity contribution in [2.24, 2.45) is 0 Å². The van der Waals surface area contributed by atoms with E-state index in [9.17, 15) is 4.21 Å². The molecule has 0 spiro atoms. The Morgan fingerprint density at radius 1 is 1.53 bits per heavy atom. The lowest BCUT2D eigenvalue weighted by Gasteiger charge is -2.15. The standard InChI is InChI=1S/C10H16BrNOS2/c1-7(15(3)13)6-12-8(2)9-4-5-10(11)14-9/h4-5,7-8,12H,6H2,1-3H3. The molecule has 5 heteroatoms. The highest BCUT2D eigenvalue weighted by molar-refractivity contribution is 9.11. The highest BCUT2D eigenvalue weighted by Gasteiger charge is 2.11. The first-order valence-corrected chi connectivity index (χ1v) is 8.04. The van der Waals surface area contributed by atoms with E-state index in [1.807, 2.05) is 6.92 Å². The second-order valence-corrected chi connectivity index (χ2v) is 7.88. The molecule has 15 heavy (non-hydrogen) atoms. The summed E-state index contributed by atoms with van der Waals surface area (Å²) in [5.41, 5.74) is 0. The lowest BCUT2D eigenvalue weighted by atomic mass is 10.2. The van der Waals surface area contributed by atoms with Crippen LogP contribution in [0.5, 0.6) is 0 Å². The summed E-state index contributed by atoms with van der Waals surface area (Å²) in [5, 5.41) is 3.59. The molecule has 1 heterocycles. The van der Waals surface area contributed by atoms with Gasteiger partial charge in [0.15, 0.2) is 0 Å². The molecule has 1 aromatic rings. The van der Waals surface area contributed by atoms with Crippen LogP contribution in [-0.4, -0.2) is 22.3 Å². The number of nitrogens with one attached hydrogen (secondary N) is 1. The molecule has 0 aliphatic rings. The molecular formula is C10H16BrNOS2. The van der Waals surface area contributed by atoms with Crippen molar-refractivity contribution >= 4 is 38.1 Å². The minimum atomic E-state index is -0.746. The highest BCUT2D eigenvalue weighted by atomic mass is 79.9. The van der Waals surface area contributed by atoms with Gasteiger partial charge in [0.05, 0.1) is 3.79 Å². The topological polar surface area (TPSA) is 29.1 Å². The van der Waals surface area contributed by atoms with Gasteiger partial charge in [0.1, 0.15) is 0 Å². The van der Waals surface area contributed by atoms with E-state index in [-0.39, 0.29) is 5.25 Å². The minimum absolute atomic E-state index is 0.204. The van der Waals surface area contributed by atoms with Crippen LogP contribution in [0.4, 0.5) is 0 Å². The molecule has 0 saturated heterocycles. The van der Waals surface area contributed by atoms with Gasteiger partial charge in [0.2, 0.25) is 0 Å². The maximum absolute atomic E-state index is 11.2. The maximum atomic E-state index is 11.2. The third kappa shape index (κ3) is 4.34. The molecule has 0 aromatic carbocycles. The zero-order chi connectivity index (χ0) is 11.4. The van der Waals surface area contributed by atoms with Crippen LogP contribution in [0.15, 0.2) is 15.9 Å². The average molecular weight is 310 g/mol. The molecule has 2 nitrogen and oxygen atoms in total. The van der Waals surface area contributed by atoms with Gasteiger partial charge in [0, 0.05) is 39.8 Å².